The Morgan fingerprint density at radius 1 is 0.900 bits per heavy atom. The zero-order valence-corrected chi connectivity index (χ0v) is 16.0. The molecule has 0 saturated heterocycles. The number of pyridine rings is 1. The lowest BCUT2D eigenvalue weighted by Gasteiger charge is -2.14. The van der Waals surface area contributed by atoms with Gasteiger partial charge in [-0.1, -0.05) is 24.3 Å². The topological polar surface area (TPSA) is 85.8 Å². The van der Waals surface area contributed by atoms with Crippen LogP contribution in [0.4, 0.5) is 0 Å². The zero-order chi connectivity index (χ0) is 20.9. The van der Waals surface area contributed by atoms with Gasteiger partial charge in [0.25, 0.3) is 11.8 Å². The number of para-hydroxylation sites is 1. The molecular weight excluding hydrogens is 384 g/mol. The molecule has 0 unspecified atom stereocenters. The van der Waals surface area contributed by atoms with E-state index in [4.69, 9.17) is 9.47 Å². The Kier molecular flexibility index (Phi) is 5.52. The number of fused-ring (bicyclic) bond motifs is 1. The summed E-state index contributed by atoms with van der Waals surface area (Å²) in [7, 11) is 0. The van der Waals surface area contributed by atoms with Crippen LogP contribution in [0.2, 0.25) is 0 Å². The minimum absolute atomic E-state index is 0.0630. The van der Waals surface area contributed by atoms with Crippen LogP contribution in [0.15, 0.2) is 73.1 Å². The second-order valence-electron chi connectivity index (χ2n) is 6.58. The first kappa shape index (κ1) is 19.3. The Balaban J connectivity index is 1.33. The predicted octanol–water partition coefficient (Wildman–Crippen LogP) is 3.72. The maximum atomic E-state index is 12.5. The maximum Gasteiger partial charge on any atom is 0.341 e. The van der Waals surface area contributed by atoms with Crippen molar-refractivity contribution in [2.45, 2.75) is 6.42 Å². The Morgan fingerprint density at radius 2 is 1.60 bits per heavy atom. The summed E-state index contributed by atoms with van der Waals surface area (Å²) >= 11 is 0. The molecule has 0 saturated carbocycles. The number of amides is 2. The van der Waals surface area contributed by atoms with Crippen LogP contribution in [-0.2, 0) is 4.74 Å². The Hall–Kier alpha value is -4.00. The van der Waals surface area contributed by atoms with Crippen molar-refractivity contribution in [1.82, 2.24) is 9.88 Å². The summed E-state index contributed by atoms with van der Waals surface area (Å²) in [6, 6.07) is 16.9. The largest absolute Gasteiger partial charge is 0.462 e. The Bertz CT molecular complexity index is 1060. The van der Waals surface area contributed by atoms with Gasteiger partial charge in [-0.15, -0.1) is 0 Å². The molecule has 1 aliphatic heterocycles. The monoisotopic (exact) mass is 402 g/mol. The Morgan fingerprint density at radius 3 is 2.30 bits per heavy atom. The van der Waals surface area contributed by atoms with E-state index in [2.05, 4.69) is 4.98 Å². The molecule has 0 fully saturated rings. The number of ether oxygens (including phenoxy) is 2. The third-order valence-corrected chi connectivity index (χ3v) is 4.61. The van der Waals surface area contributed by atoms with E-state index in [1.165, 1.54) is 4.90 Å². The van der Waals surface area contributed by atoms with Crippen LogP contribution in [-0.4, -0.2) is 40.8 Å². The van der Waals surface area contributed by atoms with Crippen molar-refractivity contribution in [3.63, 3.8) is 0 Å². The van der Waals surface area contributed by atoms with E-state index in [0.29, 0.717) is 29.0 Å². The number of imide groups is 1. The third-order valence-electron chi connectivity index (χ3n) is 4.61. The smallest absolute Gasteiger partial charge is 0.341 e. The molecule has 2 aromatic carbocycles. The van der Waals surface area contributed by atoms with Crippen molar-refractivity contribution in [2.75, 3.05) is 13.2 Å². The Labute approximate surface area is 172 Å². The molecule has 2 amide bonds. The third kappa shape index (κ3) is 3.91. The molecule has 0 atom stereocenters. The van der Waals surface area contributed by atoms with Crippen LogP contribution in [0.3, 0.4) is 0 Å². The first-order valence-corrected chi connectivity index (χ1v) is 9.44. The first-order chi connectivity index (χ1) is 14.6. The van der Waals surface area contributed by atoms with Crippen molar-refractivity contribution < 1.29 is 23.9 Å². The highest BCUT2D eigenvalue weighted by Gasteiger charge is 2.34. The van der Waals surface area contributed by atoms with Crippen molar-refractivity contribution in [3.05, 3.63) is 89.7 Å². The van der Waals surface area contributed by atoms with E-state index < -0.39 is 5.97 Å². The lowest BCUT2D eigenvalue weighted by molar-refractivity contribution is 0.0480. The van der Waals surface area contributed by atoms with Gasteiger partial charge in [0.1, 0.15) is 17.1 Å². The molecular formula is C23H18N2O5. The number of benzene rings is 2. The normalized spacial score (nSPS) is 12.6. The average molecular weight is 402 g/mol. The number of hydrogen-bond acceptors (Lipinski definition) is 6. The zero-order valence-electron chi connectivity index (χ0n) is 16.0. The summed E-state index contributed by atoms with van der Waals surface area (Å²) < 4.78 is 11.1. The second kappa shape index (κ2) is 8.57. The fourth-order valence-electron chi connectivity index (χ4n) is 3.17. The molecule has 3 aromatic rings. The van der Waals surface area contributed by atoms with Gasteiger partial charge < -0.3 is 9.47 Å². The summed E-state index contributed by atoms with van der Waals surface area (Å²) in [6.45, 7) is 0.237. The summed E-state index contributed by atoms with van der Waals surface area (Å²) in [4.78, 5) is 42.4. The minimum atomic E-state index is -0.545. The molecule has 30 heavy (non-hydrogen) atoms. The summed E-state index contributed by atoms with van der Waals surface area (Å²) in [5, 5.41) is 0. The highest BCUT2D eigenvalue weighted by atomic mass is 16.5. The van der Waals surface area contributed by atoms with Crippen LogP contribution in [0.25, 0.3) is 0 Å². The molecule has 4 rings (SSSR count). The molecule has 0 bridgehead atoms. The van der Waals surface area contributed by atoms with E-state index in [9.17, 15) is 14.4 Å². The number of carbonyl (C=O) groups excluding carboxylic acids is 3. The highest BCUT2D eigenvalue weighted by molar-refractivity contribution is 6.21. The lowest BCUT2D eigenvalue weighted by Crippen LogP contribution is -2.31. The summed E-state index contributed by atoms with van der Waals surface area (Å²) in [5.74, 6) is -0.328. The SMILES string of the molecule is O=C(OCCCN1C(=O)c2ccccc2C1=O)c1ccccc1Oc1cccnc1. The highest BCUT2D eigenvalue weighted by Crippen LogP contribution is 2.25. The van der Waals surface area contributed by atoms with Gasteiger partial charge in [0.05, 0.1) is 23.9 Å². The average Bonchev–Trinajstić information content (AvgIpc) is 3.02. The van der Waals surface area contributed by atoms with Crippen molar-refractivity contribution in [1.29, 1.82) is 0 Å². The molecule has 7 nitrogen and oxygen atoms in total. The molecule has 2 heterocycles. The number of carbonyl (C=O) groups is 3. The van der Waals surface area contributed by atoms with Crippen LogP contribution in [0.5, 0.6) is 11.5 Å². The fraction of sp³-hybridized carbons (Fsp3) is 0.130. The number of esters is 1. The standard InChI is InChI=1S/C23H18N2O5/c26-21-17-8-1-2-9-18(17)22(27)25(21)13-6-14-29-23(28)19-10-3-4-11-20(19)30-16-7-5-12-24-15-16/h1-5,7-12,15H,6,13-14H2. The molecule has 0 spiro atoms. The van der Waals surface area contributed by atoms with E-state index >= 15 is 0 Å². The van der Waals surface area contributed by atoms with Crippen LogP contribution >= 0.6 is 0 Å². The number of hydrogen-bond donors (Lipinski definition) is 0. The summed E-state index contributed by atoms with van der Waals surface area (Å²) in [5.41, 5.74) is 1.09. The quantitative estimate of drug-likeness (QED) is 0.340. The molecule has 1 aliphatic rings. The van der Waals surface area contributed by atoms with Gasteiger partial charge in [0.2, 0.25) is 0 Å². The van der Waals surface area contributed by atoms with Gasteiger partial charge >= 0.3 is 5.97 Å². The van der Waals surface area contributed by atoms with Gasteiger partial charge in [-0.2, -0.15) is 0 Å². The number of aromatic nitrogens is 1. The van der Waals surface area contributed by atoms with Crippen molar-refractivity contribution in [3.8, 4) is 11.5 Å². The van der Waals surface area contributed by atoms with E-state index in [-0.39, 0.29) is 30.5 Å². The molecule has 0 N–H and O–H groups in total. The minimum Gasteiger partial charge on any atom is -0.462 e. The fourth-order valence-corrected chi connectivity index (χ4v) is 3.17. The molecule has 0 radical (unpaired) electrons. The van der Waals surface area contributed by atoms with Gasteiger partial charge in [-0.25, -0.2) is 4.79 Å². The van der Waals surface area contributed by atoms with E-state index in [1.54, 1.807) is 73.1 Å². The molecule has 150 valence electrons. The van der Waals surface area contributed by atoms with E-state index in [1.807, 2.05) is 0 Å². The molecule has 7 heteroatoms. The maximum absolute atomic E-state index is 12.5. The van der Waals surface area contributed by atoms with Crippen LogP contribution in [0.1, 0.15) is 37.5 Å². The first-order valence-electron chi connectivity index (χ1n) is 9.44. The number of nitrogens with zero attached hydrogens (tertiary/aromatic N) is 2. The molecule has 1 aromatic heterocycles. The van der Waals surface area contributed by atoms with Gasteiger partial charge in [0.15, 0.2) is 0 Å². The van der Waals surface area contributed by atoms with Crippen molar-refractivity contribution >= 4 is 17.8 Å². The van der Waals surface area contributed by atoms with E-state index in [0.717, 1.165) is 0 Å². The van der Waals surface area contributed by atoms with Crippen LogP contribution < -0.4 is 4.74 Å². The summed E-state index contributed by atoms with van der Waals surface area (Å²) in [6.07, 6.45) is 3.51. The predicted molar refractivity (Wildman–Crippen MR) is 107 cm³/mol. The number of rotatable bonds is 7. The van der Waals surface area contributed by atoms with Crippen LogP contribution in [0, 0.1) is 0 Å². The van der Waals surface area contributed by atoms with Gasteiger partial charge in [-0.05, 0) is 42.8 Å². The van der Waals surface area contributed by atoms with Gasteiger partial charge in [0, 0.05) is 12.7 Å². The molecule has 0 aliphatic carbocycles. The van der Waals surface area contributed by atoms with Gasteiger partial charge in [-0.3, -0.25) is 19.5 Å². The second-order valence-corrected chi connectivity index (χ2v) is 6.58. The lowest BCUT2D eigenvalue weighted by atomic mass is 10.1. The van der Waals surface area contributed by atoms with Crippen molar-refractivity contribution in [2.24, 2.45) is 0 Å².